The van der Waals surface area contributed by atoms with E-state index in [9.17, 15) is 4.79 Å². The summed E-state index contributed by atoms with van der Waals surface area (Å²) in [4.78, 5) is 20.5. The molecule has 26 heavy (non-hydrogen) atoms. The van der Waals surface area contributed by atoms with Crippen molar-refractivity contribution in [2.24, 2.45) is 7.05 Å². The molecule has 1 aromatic carbocycles. The highest BCUT2D eigenvalue weighted by Gasteiger charge is 2.26. The van der Waals surface area contributed by atoms with Crippen LogP contribution in [0.15, 0.2) is 30.5 Å². The Balaban J connectivity index is 1.48. The maximum absolute atomic E-state index is 13.0. The number of amides is 1. The number of aromatic nitrogens is 5. The van der Waals surface area contributed by atoms with Gasteiger partial charge >= 0.3 is 0 Å². The lowest BCUT2D eigenvalue weighted by Gasteiger charge is -2.26. The van der Waals surface area contributed by atoms with E-state index >= 15 is 0 Å². The molecule has 1 saturated heterocycles. The number of hydrogen-bond donors (Lipinski definition) is 1. The number of aromatic amines is 1. The summed E-state index contributed by atoms with van der Waals surface area (Å²) < 4.78 is 1.71. The van der Waals surface area contributed by atoms with Gasteiger partial charge in [0, 0.05) is 50.3 Å². The van der Waals surface area contributed by atoms with Crippen LogP contribution in [0.5, 0.6) is 0 Å². The van der Waals surface area contributed by atoms with E-state index in [1.165, 1.54) is 0 Å². The maximum Gasteiger partial charge on any atom is 0.256 e. The van der Waals surface area contributed by atoms with Gasteiger partial charge in [-0.05, 0) is 29.8 Å². The topological polar surface area (TPSA) is 82.9 Å². The van der Waals surface area contributed by atoms with E-state index in [4.69, 9.17) is 0 Å². The van der Waals surface area contributed by atoms with Gasteiger partial charge in [0.25, 0.3) is 5.91 Å². The minimum absolute atomic E-state index is 0.0947. The molecule has 2 aromatic heterocycles. The van der Waals surface area contributed by atoms with Crippen LogP contribution in [0.25, 0.3) is 10.9 Å². The van der Waals surface area contributed by atoms with Crippen LogP contribution in [0, 0.1) is 0 Å². The Labute approximate surface area is 151 Å². The summed E-state index contributed by atoms with van der Waals surface area (Å²) in [7, 11) is 1.86. The Kier molecular flexibility index (Phi) is 4.42. The van der Waals surface area contributed by atoms with Crippen LogP contribution in [0.1, 0.15) is 35.6 Å². The Morgan fingerprint density at radius 2 is 2.04 bits per heavy atom. The largest absolute Gasteiger partial charge is 0.360 e. The number of fused-ring (bicyclic) bond motifs is 1. The molecule has 0 saturated carbocycles. The SMILES string of the molecule is CC(c1nnnn1C)N1CCCN(C(=O)c2c[nH]c3ccccc23)CC1. The molecule has 0 aliphatic carbocycles. The van der Waals surface area contributed by atoms with Crippen LogP contribution in [0.3, 0.4) is 0 Å². The van der Waals surface area contributed by atoms with Gasteiger partial charge in [-0.25, -0.2) is 4.68 Å². The maximum atomic E-state index is 13.0. The van der Waals surface area contributed by atoms with E-state index in [-0.39, 0.29) is 11.9 Å². The number of H-pyrrole nitrogens is 1. The molecule has 136 valence electrons. The Morgan fingerprint density at radius 1 is 1.19 bits per heavy atom. The second kappa shape index (κ2) is 6.87. The van der Waals surface area contributed by atoms with Crippen LogP contribution in [0.4, 0.5) is 0 Å². The number of nitrogens with zero attached hydrogens (tertiary/aromatic N) is 6. The molecule has 4 rings (SSSR count). The summed E-state index contributed by atoms with van der Waals surface area (Å²) in [6.07, 6.45) is 2.76. The highest BCUT2D eigenvalue weighted by atomic mass is 16.2. The summed E-state index contributed by atoms with van der Waals surface area (Å²) >= 11 is 0. The number of rotatable bonds is 3. The van der Waals surface area contributed by atoms with E-state index in [1.807, 2.05) is 42.4 Å². The monoisotopic (exact) mass is 353 g/mol. The van der Waals surface area contributed by atoms with Crippen molar-refractivity contribution in [1.82, 2.24) is 35.0 Å². The lowest BCUT2D eigenvalue weighted by atomic mass is 10.1. The standard InChI is InChI=1S/C18H23N7O/c1-13(17-20-21-22-23(17)2)24-8-5-9-25(11-10-24)18(26)15-12-19-16-7-4-3-6-14(15)16/h3-4,6-7,12-13,19H,5,8-11H2,1-2H3. The highest BCUT2D eigenvalue weighted by molar-refractivity contribution is 6.06. The molecule has 1 aliphatic heterocycles. The molecule has 1 aliphatic rings. The molecule has 3 aromatic rings. The number of para-hydroxylation sites is 1. The van der Waals surface area contributed by atoms with Gasteiger partial charge in [-0.2, -0.15) is 0 Å². The minimum atomic E-state index is 0.0947. The van der Waals surface area contributed by atoms with Gasteiger partial charge < -0.3 is 9.88 Å². The summed E-state index contributed by atoms with van der Waals surface area (Å²) in [5.41, 5.74) is 1.75. The Hall–Kier alpha value is -2.74. The summed E-state index contributed by atoms with van der Waals surface area (Å²) in [6.45, 7) is 5.31. The van der Waals surface area contributed by atoms with E-state index in [0.29, 0.717) is 6.54 Å². The molecule has 1 amide bonds. The Bertz CT molecular complexity index is 915. The molecule has 1 N–H and O–H groups in total. The van der Waals surface area contributed by atoms with Gasteiger partial charge in [0.15, 0.2) is 5.82 Å². The zero-order valence-corrected chi connectivity index (χ0v) is 15.1. The molecule has 0 spiro atoms. The molecule has 1 fully saturated rings. The smallest absolute Gasteiger partial charge is 0.256 e. The number of hydrogen-bond acceptors (Lipinski definition) is 5. The Morgan fingerprint density at radius 3 is 2.85 bits per heavy atom. The van der Waals surface area contributed by atoms with Crippen molar-refractivity contribution in [1.29, 1.82) is 0 Å². The molecule has 3 heterocycles. The minimum Gasteiger partial charge on any atom is -0.360 e. The average molecular weight is 353 g/mol. The first-order chi connectivity index (χ1) is 12.6. The van der Waals surface area contributed by atoms with Crippen molar-refractivity contribution in [3.05, 3.63) is 41.9 Å². The van der Waals surface area contributed by atoms with Crippen molar-refractivity contribution in [3.63, 3.8) is 0 Å². The number of carbonyl (C=O) groups excluding carboxylic acids is 1. The number of tetrazole rings is 1. The van der Waals surface area contributed by atoms with Crippen LogP contribution >= 0.6 is 0 Å². The van der Waals surface area contributed by atoms with Gasteiger partial charge in [-0.3, -0.25) is 9.69 Å². The molecular formula is C18H23N7O. The normalized spacial score (nSPS) is 17.4. The number of nitrogens with one attached hydrogen (secondary N) is 1. The zero-order chi connectivity index (χ0) is 18.1. The first-order valence-electron chi connectivity index (χ1n) is 8.97. The number of aryl methyl sites for hydroxylation is 1. The van der Waals surface area contributed by atoms with Crippen molar-refractivity contribution in [3.8, 4) is 0 Å². The van der Waals surface area contributed by atoms with Gasteiger partial charge in [0.1, 0.15) is 0 Å². The van der Waals surface area contributed by atoms with E-state index in [0.717, 1.165) is 48.3 Å². The lowest BCUT2D eigenvalue weighted by molar-refractivity contribution is 0.0760. The molecule has 1 unspecified atom stereocenters. The van der Waals surface area contributed by atoms with Crippen LogP contribution in [-0.4, -0.2) is 67.1 Å². The summed E-state index contributed by atoms with van der Waals surface area (Å²) in [5, 5.41) is 12.8. The molecule has 8 nitrogen and oxygen atoms in total. The van der Waals surface area contributed by atoms with Gasteiger partial charge in [0.05, 0.1) is 11.6 Å². The fourth-order valence-corrected chi connectivity index (χ4v) is 3.70. The van der Waals surface area contributed by atoms with Crippen LogP contribution < -0.4 is 0 Å². The number of benzene rings is 1. The van der Waals surface area contributed by atoms with Gasteiger partial charge in [0.2, 0.25) is 0 Å². The predicted molar refractivity (Wildman–Crippen MR) is 97.6 cm³/mol. The zero-order valence-electron chi connectivity index (χ0n) is 15.1. The molecule has 0 bridgehead atoms. The molecule has 0 radical (unpaired) electrons. The average Bonchev–Trinajstić information content (AvgIpc) is 3.19. The van der Waals surface area contributed by atoms with Crippen molar-refractivity contribution in [2.75, 3.05) is 26.2 Å². The quantitative estimate of drug-likeness (QED) is 0.773. The predicted octanol–water partition coefficient (Wildman–Crippen LogP) is 1.60. The lowest BCUT2D eigenvalue weighted by Crippen LogP contribution is -2.36. The first-order valence-corrected chi connectivity index (χ1v) is 8.97. The van der Waals surface area contributed by atoms with Crippen molar-refractivity contribution < 1.29 is 4.79 Å². The summed E-state index contributed by atoms with van der Waals surface area (Å²) in [5.74, 6) is 0.943. The third kappa shape index (κ3) is 2.96. The van der Waals surface area contributed by atoms with Crippen molar-refractivity contribution >= 4 is 16.8 Å². The molecule has 8 heteroatoms. The van der Waals surface area contributed by atoms with Gasteiger partial charge in [-0.1, -0.05) is 18.2 Å². The van der Waals surface area contributed by atoms with E-state index in [1.54, 1.807) is 4.68 Å². The third-order valence-electron chi connectivity index (χ3n) is 5.21. The van der Waals surface area contributed by atoms with Crippen LogP contribution in [-0.2, 0) is 7.05 Å². The number of carbonyl (C=O) groups is 1. The van der Waals surface area contributed by atoms with E-state index in [2.05, 4.69) is 32.3 Å². The van der Waals surface area contributed by atoms with Gasteiger partial charge in [-0.15, -0.1) is 5.10 Å². The van der Waals surface area contributed by atoms with E-state index < -0.39 is 0 Å². The van der Waals surface area contributed by atoms with Crippen molar-refractivity contribution in [2.45, 2.75) is 19.4 Å². The third-order valence-corrected chi connectivity index (χ3v) is 5.21. The molecular weight excluding hydrogens is 330 g/mol. The van der Waals surface area contributed by atoms with Crippen LogP contribution in [0.2, 0.25) is 0 Å². The first kappa shape index (κ1) is 16.7. The fourth-order valence-electron chi connectivity index (χ4n) is 3.70. The second-order valence-corrected chi connectivity index (χ2v) is 6.77. The fraction of sp³-hybridized carbons (Fsp3) is 0.444. The highest BCUT2D eigenvalue weighted by Crippen LogP contribution is 2.22. The molecule has 1 atom stereocenters. The summed E-state index contributed by atoms with van der Waals surface area (Å²) in [6, 6.07) is 8.05. The second-order valence-electron chi connectivity index (χ2n) is 6.77.